The van der Waals surface area contributed by atoms with Crippen molar-refractivity contribution in [2.75, 3.05) is 44.3 Å². The predicted molar refractivity (Wildman–Crippen MR) is 112 cm³/mol. The first kappa shape index (κ1) is 22.9. The van der Waals surface area contributed by atoms with Crippen molar-refractivity contribution >= 4 is 29.8 Å². The molecule has 0 bridgehead atoms. The minimum Gasteiger partial charge on any atom is -0.483 e. The van der Waals surface area contributed by atoms with E-state index in [-0.39, 0.29) is 25.1 Å². The summed E-state index contributed by atoms with van der Waals surface area (Å²) in [6, 6.07) is 2.33. The van der Waals surface area contributed by atoms with E-state index in [1.54, 1.807) is 6.33 Å². The van der Waals surface area contributed by atoms with E-state index in [0.29, 0.717) is 11.8 Å². The third kappa shape index (κ3) is 5.30. The molecule has 0 amide bonds. The molecule has 1 saturated carbocycles. The molecule has 0 spiro atoms. The van der Waals surface area contributed by atoms with E-state index >= 15 is 0 Å². The number of morpholine rings is 1. The van der Waals surface area contributed by atoms with Gasteiger partial charge in [0.05, 0.1) is 24.7 Å². The van der Waals surface area contributed by atoms with E-state index in [2.05, 4.69) is 30.8 Å². The molecule has 4 heterocycles. The lowest BCUT2D eigenvalue weighted by molar-refractivity contribution is -0.123. The number of aliphatic hydroxyl groups is 1. The average Bonchev–Trinajstić information content (AvgIpc) is 3.41. The molecular weight excluding hydrogens is 406 g/mol. The number of hydrogen-bond acceptors (Lipinski definition) is 8. The van der Waals surface area contributed by atoms with Crippen LogP contribution in [0.5, 0.6) is 0 Å². The number of anilines is 1. The van der Waals surface area contributed by atoms with Crippen LogP contribution in [0.3, 0.4) is 0 Å². The number of nitrogens with one attached hydrogen (secondary N) is 1. The minimum atomic E-state index is -0.250. The molecule has 0 aromatic carbocycles. The third-order valence-electron chi connectivity index (χ3n) is 6.26. The van der Waals surface area contributed by atoms with Crippen LogP contribution in [0.15, 0.2) is 18.6 Å². The number of H-pyrrole nitrogens is 1. The van der Waals surface area contributed by atoms with Crippen LogP contribution in [-0.2, 0) is 14.3 Å². The molecule has 2 saturated heterocycles. The molecule has 1 aliphatic carbocycles. The van der Waals surface area contributed by atoms with Crippen molar-refractivity contribution in [3.05, 3.63) is 18.6 Å². The van der Waals surface area contributed by atoms with Crippen LogP contribution in [0.1, 0.15) is 12.8 Å². The Labute approximate surface area is 179 Å². The Morgan fingerprint density at radius 1 is 1.06 bits per heavy atom. The molecule has 11 nitrogen and oxygen atoms in total. The number of fused-ring (bicyclic) bond motifs is 2. The van der Waals surface area contributed by atoms with Gasteiger partial charge in [-0.2, -0.15) is 0 Å². The van der Waals surface area contributed by atoms with Crippen molar-refractivity contribution in [1.29, 1.82) is 0 Å². The van der Waals surface area contributed by atoms with Crippen LogP contribution < -0.4 is 4.90 Å². The highest BCUT2D eigenvalue weighted by molar-refractivity contribution is 5.87. The van der Waals surface area contributed by atoms with Crippen LogP contribution in [-0.4, -0.2) is 99.7 Å². The van der Waals surface area contributed by atoms with Gasteiger partial charge in [-0.1, -0.05) is 0 Å². The van der Waals surface area contributed by atoms with E-state index in [1.807, 2.05) is 6.20 Å². The molecule has 4 atom stereocenters. The van der Waals surface area contributed by atoms with Gasteiger partial charge in [-0.05, 0) is 30.7 Å². The van der Waals surface area contributed by atoms with Gasteiger partial charge < -0.3 is 29.9 Å². The molecule has 0 unspecified atom stereocenters. The molecule has 2 aliphatic heterocycles. The average molecular weight is 435 g/mol. The maximum Gasteiger partial charge on any atom is 0.290 e. The second-order valence-corrected chi connectivity index (χ2v) is 7.83. The number of aliphatic hydroxyl groups excluding tert-OH is 1. The highest BCUT2D eigenvalue weighted by Gasteiger charge is 2.44. The van der Waals surface area contributed by atoms with Gasteiger partial charge in [-0.15, -0.1) is 0 Å². The molecule has 4 N–H and O–H groups in total. The Hall–Kier alpha value is -2.76. The largest absolute Gasteiger partial charge is 0.483 e. The normalized spacial score (nSPS) is 28.0. The third-order valence-corrected chi connectivity index (χ3v) is 6.26. The highest BCUT2D eigenvalue weighted by atomic mass is 16.5. The number of hydrogen-bond donors (Lipinski definition) is 4. The summed E-state index contributed by atoms with van der Waals surface area (Å²) in [7, 11) is 0. The maximum absolute atomic E-state index is 10.7. The number of aromatic amines is 1. The first-order chi connectivity index (χ1) is 15.1. The molecule has 3 aliphatic rings. The number of carbonyl (C=O) groups is 2. The zero-order valence-corrected chi connectivity index (χ0v) is 17.2. The SMILES string of the molecule is O=CO.O=CO.O[C@@H]1C[C@H]2CN(c3ncnc4[nH]ccc34)C[C@H]2C[C@H]1N1CCOCC1. The Morgan fingerprint density at radius 3 is 2.39 bits per heavy atom. The maximum atomic E-state index is 10.7. The number of carboxylic acid groups (broad SMARTS) is 2. The number of nitrogens with zero attached hydrogens (tertiary/aromatic N) is 4. The van der Waals surface area contributed by atoms with Gasteiger partial charge in [0.2, 0.25) is 0 Å². The van der Waals surface area contributed by atoms with Gasteiger partial charge in [-0.3, -0.25) is 14.5 Å². The fourth-order valence-corrected chi connectivity index (χ4v) is 4.99. The summed E-state index contributed by atoms with van der Waals surface area (Å²) in [5, 5.41) is 25.6. The Morgan fingerprint density at radius 2 is 1.71 bits per heavy atom. The first-order valence-corrected chi connectivity index (χ1v) is 10.3. The smallest absolute Gasteiger partial charge is 0.290 e. The molecule has 0 radical (unpaired) electrons. The van der Waals surface area contributed by atoms with Gasteiger partial charge in [0.1, 0.15) is 17.8 Å². The Kier molecular flexibility index (Phi) is 8.15. The monoisotopic (exact) mass is 435 g/mol. The molecule has 170 valence electrons. The van der Waals surface area contributed by atoms with E-state index in [9.17, 15) is 5.11 Å². The van der Waals surface area contributed by atoms with E-state index < -0.39 is 0 Å². The van der Waals surface area contributed by atoms with Crippen LogP contribution in [0.4, 0.5) is 5.82 Å². The summed E-state index contributed by atoms with van der Waals surface area (Å²) in [5.74, 6) is 2.20. The van der Waals surface area contributed by atoms with Gasteiger partial charge >= 0.3 is 0 Å². The fraction of sp³-hybridized carbons (Fsp3) is 0.600. The van der Waals surface area contributed by atoms with E-state index in [1.165, 1.54) is 0 Å². The highest BCUT2D eigenvalue weighted by Crippen LogP contribution is 2.40. The zero-order valence-electron chi connectivity index (χ0n) is 17.2. The standard InChI is InChI=1S/C18H25N5O2.2CH2O2/c24-16-8-13-10-23(18-14-1-2-19-17(14)20-11-21-18)9-12(13)7-15(16)22-3-5-25-6-4-22;2*2-1-3/h1-2,11-13,15-16,24H,3-10H2,(H,19,20,21);2*1H,(H,2,3)/t12-,13+,15-,16-;;/m1../s1. The summed E-state index contributed by atoms with van der Waals surface area (Å²) in [6.45, 7) is 4.97. The fourth-order valence-electron chi connectivity index (χ4n) is 4.99. The van der Waals surface area contributed by atoms with Crippen molar-refractivity contribution in [2.45, 2.75) is 25.0 Å². The van der Waals surface area contributed by atoms with Crippen LogP contribution in [0.2, 0.25) is 0 Å². The van der Waals surface area contributed by atoms with E-state index in [4.69, 9.17) is 24.5 Å². The van der Waals surface area contributed by atoms with Crippen molar-refractivity contribution in [3.63, 3.8) is 0 Å². The lowest BCUT2D eigenvalue weighted by atomic mass is 9.77. The van der Waals surface area contributed by atoms with Gasteiger partial charge in [0, 0.05) is 38.4 Å². The minimum absolute atomic E-state index is 0.225. The first-order valence-electron chi connectivity index (χ1n) is 10.3. The summed E-state index contributed by atoms with van der Waals surface area (Å²) in [4.78, 5) is 33.6. The second-order valence-electron chi connectivity index (χ2n) is 7.83. The topological polar surface area (TPSA) is 152 Å². The number of aromatic nitrogens is 3. The van der Waals surface area contributed by atoms with Gasteiger partial charge in [0.25, 0.3) is 12.9 Å². The predicted octanol–water partition coefficient (Wildman–Crippen LogP) is 0.267. The summed E-state index contributed by atoms with van der Waals surface area (Å²) in [6.07, 6.45) is 5.30. The Bertz CT molecular complexity index is 836. The molecule has 31 heavy (non-hydrogen) atoms. The summed E-state index contributed by atoms with van der Waals surface area (Å²) >= 11 is 0. The molecule has 3 fully saturated rings. The molecule has 2 aromatic rings. The van der Waals surface area contributed by atoms with Crippen LogP contribution in [0, 0.1) is 11.8 Å². The van der Waals surface area contributed by atoms with Crippen LogP contribution in [0.25, 0.3) is 11.0 Å². The second kappa shape index (κ2) is 11.0. The van der Waals surface area contributed by atoms with Crippen molar-refractivity contribution in [3.8, 4) is 0 Å². The van der Waals surface area contributed by atoms with E-state index in [0.717, 1.165) is 69.1 Å². The van der Waals surface area contributed by atoms with Gasteiger partial charge in [0.15, 0.2) is 0 Å². The summed E-state index contributed by atoms with van der Waals surface area (Å²) in [5.41, 5.74) is 0.895. The molecule has 2 aromatic heterocycles. The van der Waals surface area contributed by atoms with Crippen molar-refractivity contribution < 1.29 is 29.6 Å². The zero-order chi connectivity index (χ0) is 22.2. The quantitative estimate of drug-likeness (QED) is 0.484. The van der Waals surface area contributed by atoms with Crippen molar-refractivity contribution in [2.24, 2.45) is 11.8 Å². The van der Waals surface area contributed by atoms with Crippen molar-refractivity contribution in [1.82, 2.24) is 19.9 Å². The van der Waals surface area contributed by atoms with Gasteiger partial charge in [-0.25, -0.2) is 9.97 Å². The lowest BCUT2D eigenvalue weighted by Crippen LogP contribution is -2.53. The summed E-state index contributed by atoms with van der Waals surface area (Å²) < 4.78 is 5.47. The molecular formula is C20H29N5O6. The Balaban J connectivity index is 0.000000411. The van der Waals surface area contributed by atoms with Crippen LogP contribution >= 0.6 is 0 Å². The molecule has 5 rings (SSSR count). The number of ether oxygens (including phenoxy) is 1. The lowest BCUT2D eigenvalue weighted by Gasteiger charge is -2.43. The number of rotatable bonds is 2. The molecule has 11 heteroatoms.